The summed E-state index contributed by atoms with van der Waals surface area (Å²) < 4.78 is 5.63. The van der Waals surface area contributed by atoms with E-state index >= 15 is 0 Å². The lowest BCUT2D eigenvalue weighted by Gasteiger charge is -2.34. The molecule has 51 heavy (non-hydrogen) atoms. The minimum atomic E-state index is -1.42. The van der Waals surface area contributed by atoms with Crippen molar-refractivity contribution >= 4 is 41.4 Å². The molecule has 4 rings (SSSR count). The lowest BCUT2D eigenvalue weighted by molar-refractivity contribution is -0.158. The van der Waals surface area contributed by atoms with Gasteiger partial charge in [0.05, 0.1) is 0 Å². The van der Waals surface area contributed by atoms with Crippen LogP contribution in [-0.4, -0.2) is 119 Å². The van der Waals surface area contributed by atoms with E-state index < -0.39 is 84.3 Å². The maximum atomic E-state index is 14.2. The molecule has 3 aliphatic rings. The van der Waals surface area contributed by atoms with E-state index in [1.54, 1.807) is 42.5 Å². The third-order valence-electron chi connectivity index (χ3n) is 9.36. The number of nitrogens with one attached hydrogen (secondary N) is 3. The Hall–Kier alpha value is -5.27. The van der Waals surface area contributed by atoms with E-state index in [0.29, 0.717) is 25.7 Å². The van der Waals surface area contributed by atoms with Crippen molar-refractivity contribution in [2.24, 2.45) is 0 Å². The zero-order valence-electron chi connectivity index (χ0n) is 29.6. The summed E-state index contributed by atoms with van der Waals surface area (Å²) in [6.07, 6.45) is 11.6. The lowest BCUT2D eigenvalue weighted by Crippen LogP contribution is -2.60. The van der Waals surface area contributed by atoms with E-state index in [9.17, 15) is 33.6 Å². The topological polar surface area (TPSA) is 175 Å². The van der Waals surface area contributed by atoms with Gasteiger partial charge < -0.3 is 35.4 Å². The Labute approximate surface area is 298 Å². The molecule has 14 nitrogen and oxygen atoms in total. The summed E-state index contributed by atoms with van der Waals surface area (Å²) in [4.78, 5) is 98.6. The Morgan fingerprint density at radius 2 is 1.55 bits per heavy atom. The number of carbonyl (C=O) groups excluding carboxylic acids is 7. The number of rotatable bonds is 8. The van der Waals surface area contributed by atoms with Crippen LogP contribution in [0.3, 0.4) is 0 Å². The number of hydrogen-bond acceptors (Lipinski definition) is 8. The van der Waals surface area contributed by atoms with Crippen molar-refractivity contribution in [1.29, 1.82) is 0 Å². The first-order valence-corrected chi connectivity index (χ1v) is 17.4. The van der Waals surface area contributed by atoms with Crippen molar-refractivity contribution in [2.75, 3.05) is 26.7 Å². The molecule has 0 radical (unpaired) electrons. The Bertz CT molecular complexity index is 1560. The second kappa shape index (κ2) is 18.1. The van der Waals surface area contributed by atoms with Gasteiger partial charge in [-0.1, -0.05) is 60.7 Å². The van der Waals surface area contributed by atoms with Gasteiger partial charge in [-0.05, 0) is 52.0 Å². The fraction of sp³-hybridized carbons (Fsp3) is 0.486. The number of benzene rings is 1. The molecule has 274 valence electrons. The monoisotopic (exact) mass is 704 g/mol. The Kier molecular flexibility index (Phi) is 13.7. The minimum absolute atomic E-state index is 0.0915. The number of amides is 6. The van der Waals surface area contributed by atoms with Crippen molar-refractivity contribution < 1.29 is 38.3 Å². The van der Waals surface area contributed by atoms with Gasteiger partial charge in [-0.15, -0.1) is 0 Å². The van der Waals surface area contributed by atoms with E-state index in [1.165, 1.54) is 47.7 Å². The minimum Gasteiger partial charge on any atom is -0.461 e. The van der Waals surface area contributed by atoms with E-state index in [0.717, 1.165) is 5.56 Å². The van der Waals surface area contributed by atoms with Gasteiger partial charge >= 0.3 is 5.97 Å². The zero-order chi connectivity index (χ0) is 37.1. The fourth-order valence-electron chi connectivity index (χ4n) is 6.38. The van der Waals surface area contributed by atoms with Gasteiger partial charge in [-0.3, -0.25) is 28.8 Å². The molecule has 3 fully saturated rings. The Balaban J connectivity index is 1.64. The van der Waals surface area contributed by atoms with Crippen molar-refractivity contribution in [1.82, 2.24) is 30.7 Å². The van der Waals surface area contributed by atoms with E-state index in [4.69, 9.17) is 4.74 Å². The highest BCUT2D eigenvalue weighted by Crippen LogP contribution is 2.23. The molecule has 0 aromatic heterocycles. The van der Waals surface area contributed by atoms with Crippen LogP contribution in [0, 0.1) is 0 Å². The summed E-state index contributed by atoms with van der Waals surface area (Å²) in [7, 11) is 1.46. The van der Waals surface area contributed by atoms with Crippen LogP contribution in [0.2, 0.25) is 0 Å². The smallest absolute Gasteiger partial charge is 0.328 e. The van der Waals surface area contributed by atoms with Gasteiger partial charge in [0.15, 0.2) is 0 Å². The van der Waals surface area contributed by atoms with Crippen LogP contribution in [0.4, 0.5) is 0 Å². The summed E-state index contributed by atoms with van der Waals surface area (Å²) in [6, 6.07) is 2.64. The molecule has 1 aromatic rings. The number of allylic oxidation sites excluding steroid dienone is 5. The summed E-state index contributed by atoms with van der Waals surface area (Å²) in [5.74, 6) is -4.19. The molecular formula is C37H48N6O8. The van der Waals surface area contributed by atoms with Gasteiger partial charge in [-0.2, -0.15) is 0 Å². The highest BCUT2D eigenvalue weighted by molar-refractivity contribution is 5.98. The third kappa shape index (κ3) is 9.92. The average molecular weight is 705 g/mol. The largest absolute Gasteiger partial charge is 0.461 e. The first-order chi connectivity index (χ1) is 24.4. The predicted octanol–water partition coefficient (Wildman–Crippen LogP) is 0.778. The van der Waals surface area contributed by atoms with Crippen LogP contribution in [0.25, 0.3) is 0 Å². The Morgan fingerprint density at radius 1 is 0.902 bits per heavy atom. The molecule has 3 aliphatic heterocycles. The quantitative estimate of drug-likeness (QED) is 0.202. The highest BCUT2D eigenvalue weighted by atomic mass is 16.5. The number of esters is 1. The van der Waals surface area contributed by atoms with Gasteiger partial charge in [0.25, 0.3) is 0 Å². The molecule has 3 N–H and O–H groups in total. The molecule has 0 bridgehead atoms. The number of hydrogen-bond donors (Lipinski definition) is 3. The highest BCUT2D eigenvalue weighted by Gasteiger charge is 2.43. The number of cyclic esters (lactones) is 1. The van der Waals surface area contributed by atoms with Crippen LogP contribution in [0.5, 0.6) is 0 Å². The number of carbonyl (C=O) groups is 7. The summed E-state index contributed by atoms with van der Waals surface area (Å²) in [5, 5.41) is 8.05. The molecule has 0 aliphatic carbocycles. The maximum Gasteiger partial charge on any atom is 0.328 e. The number of fused-ring (bicyclic) bond motifs is 2. The van der Waals surface area contributed by atoms with Gasteiger partial charge in [0.2, 0.25) is 35.4 Å². The number of nitrogens with zero attached hydrogens (tertiary/aromatic N) is 3. The summed E-state index contributed by atoms with van der Waals surface area (Å²) >= 11 is 0. The Morgan fingerprint density at radius 3 is 2.24 bits per heavy atom. The molecule has 1 aromatic carbocycles. The van der Waals surface area contributed by atoms with Crippen LogP contribution < -0.4 is 16.0 Å². The molecule has 0 saturated carbocycles. The van der Waals surface area contributed by atoms with E-state index in [1.807, 2.05) is 19.1 Å². The summed E-state index contributed by atoms with van der Waals surface area (Å²) in [5.41, 5.74) is 0.747. The van der Waals surface area contributed by atoms with Crippen molar-refractivity contribution in [3.8, 4) is 0 Å². The molecule has 6 atom stereocenters. The molecule has 6 amide bonds. The molecule has 2 unspecified atom stereocenters. The number of likely N-dealkylation sites (N-methyl/N-ethyl adjacent to an activating group) is 1. The molecule has 0 spiro atoms. The van der Waals surface area contributed by atoms with Gasteiger partial charge in [0.1, 0.15) is 42.9 Å². The number of ether oxygens (including phenoxy) is 1. The molecule has 3 heterocycles. The molecule has 3 saturated heterocycles. The van der Waals surface area contributed by atoms with E-state index in [-0.39, 0.29) is 19.5 Å². The van der Waals surface area contributed by atoms with Crippen LogP contribution in [-0.2, 0) is 44.7 Å². The molecular weight excluding hydrogens is 656 g/mol. The second-order valence-corrected chi connectivity index (χ2v) is 12.9. The second-order valence-electron chi connectivity index (χ2n) is 12.9. The fourth-order valence-corrected chi connectivity index (χ4v) is 6.38. The van der Waals surface area contributed by atoms with E-state index in [2.05, 4.69) is 16.0 Å². The average Bonchev–Trinajstić information content (AvgIpc) is 3.82. The molecule has 14 heteroatoms. The maximum absolute atomic E-state index is 14.2. The van der Waals surface area contributed by atoms with Crippen molar-refractivity contribution in [2.45, 2.75) is 89.1 Å². The van der Waals surface area contributed by atoms with Crippen LogP contribution in [0.1, 0.15) is 52.0 Å². The zero-order valence-corrected chi connectivity index (χ0v) is 29.6. The standard InChI is InChI=1S/C37H48N6O8/c1-5-6-7-8-12-19-31(44)39-27(22-26-15-10-9-11-16-26)33(46)40-28-23-51-37(50)30-18-14-21-43(30)34(47)24(2)38-32(45)25(3)41(4)36(49)29-17-13-20-42(29)35(28)48/h5-12,15-16,19,24-25,27-30H,13-14,17-18,20-23H2,1-4H3,(H,38,45)(H,39,44)(H,40,46)/b6-5+,8-7+,19-12+/t24-,25-,27-,28?,29?,30-/m0/s1. The van der Waals surface area contributed by atoms with Gasteiger partial charge in [0, 0.05) is 32.6 Å². The summed E-state index contributed by atoms with van der Waals surface area (Å²) in [6.45, 7) is 4.80. The third-order valence-corrected chi connectivity index (χ3v) is 9.36. The van der Waals surface area contributed by atoms with Gasteiger partial charge in [-0.25, -0.2) is 4.79 Å². The van der Waals surface area contributed by atoms with Crippen molar-refractivity contribution in [3.63, 3.8) is 0 Å². The van der Waals surface area contributed by atoms with Crippen LogP contribution >= 0.6 is 0 Å². The lowest BCUT2D eigenvalue weighted by atomic mass is 10.0. The first kappa shape index (κ1) is 38.5. The van der Waals surface area contributed by atoms with Crippen molar-refractivity contribution in [3.05, 3.63) is 72.4 Å². The first-order valence-electron chi connectivity index (χ1n) is 17.4. The normalized spacial score (nSPS) is 26.0. The van der Waals surface area contributed by atoms with Crippen LogP contribution in [0.15, 0.2) is 66.8 Å². The SMILES string of the molecule is C/C=C/C=C/C=C/C(=O)N[C@@H](Cc1ccccc1)C(=O)NC1COC(=O)[C@@H]2CCCN2C(=O)[C@H](C)NC(=O)[C@H](C)N(C)C(=O)C2CCCN2C1=O. The predicted molar refractivity (Wildman–Crippen MR) is 187 cm³/mol.